The Balaban J connectivity index is 2.09. The smallest absolute Gasteiger partial charge is 0.236 e. The first-order valence-electron chi connectivity index (χ1n) is 7.34. The molecule has 0 aliphatic rings. The van der Waals surface area contributed by atoms with Gasteiger partial charge in [-0.25, -0.2) is 27.2 Å². The van der Waals surface area contributed by atoms with Crippen LogP contribution in [0.4, 0.5) is 17.6 Å². The number of fused-ring (bicyclic) bond motifs is 1. The Morgan fingerprint density at radius 2 is 2.00 bits per heavy atom. The molecule has 27 heavy (non-hydrogen) atoms. The van der Waals surface area contributed by atoms with E-state index < -0.39 is 33.5 Å². The predicted molar refractivity (Wildman–Crippen MR) is 90.1 cm³/mol. The van der Waals surface area contributed by atoms with Gasteiger partial charge in [0.05, 0.1) is 9.92 Å². The molecule has 1 aromatic carbocycles. The highest BCUT2D eigenvalue weighted by molar-refractivity contribution is 7.90. The first-order chi connectivity index (χ1) is 12.5. The fraction of sp³-hybridized carbons (Fsp3) is 0.200. The van der Waals surface area contributed by atoms with Gasteiger partial charge in [0, 0.05) is 19.3 Å². The van der Waals surface area contributed by atoms with Crippen molar-refractivity contribution in [1.82, 2.24) is 18.9 Å². The molecule has 0 saturated carbocycles. The number of aromatic nitrogens is 3. The van der Waals surface area contributed by atoms with E-state index in [0.717, 1.165) is 19.2 Å². The van der Waals surface area contributed by atoms with Crippen LogP contribution < -0.4 is 0 Å². The Morgan fingerprint density at radius 1 is 1.30 bits per heavy atom. The lowest BCUT2D eigenvalue weighted by Crippen LogP contribution is -2.39. The molecule has 0 aliphatic carbocycles. The number of benzene rings is 1. The number of nitrogens with one attached hydrogen (secondary N) is 1. The molecule has 3 aromatic rings. The summed E-state index contributed by atoms with van der Waals surface area (Å²) >= 11 is 5.53. The van der Waals surface area contributed by atoms with E-state index in [1.54, 1.807) is 0 Å². The van der Waals surface area contributed by atoms with Crippen molar-refractivity contribution >= 4 is 27.2 Å². The minimum atomic E-state index is -4.92. The topological polar surface area (TPSA) is 74.4 Å². The lowest BCUT2D eigenvalue weighted by molar-refractivity contribution is -0.170. The highest BCUT2D eigenvalue weighted by atomic mass is 35.5. The second-order valence-electron chi connectivity index (χ2n) is 5.61. The molecule has 144 valence electrons. The summed E-state index contributed by atoms with van der Waals surface area (Å²) in [6.07, 6.45) is -2.37. The summed E-state index contributed by atoms with van der Waals surface area (Å²) in [5.74, 6) is -1.04. The number of pyridine rings is 1. The van der Waals surface area contributed by atoms with Gasteiger partial charge in [0.15, 0.2) is 5.65 Å². The summed E-state index contributed by atoms with van der Waals surface area (Å²) in [4.78, 5) is 3.68. The van der Waals surface area contributed by atoms with E-state index in [0.29, 0.717) is 10.4 Å². The van der Waals surface area contributed by atoms with Gasteiger partial charge in [0.25, 0.3) is 0 Å². The van der Waals surface area contributed by atoms with Crippen molar-refractivity contribution in [3.05, 3.63) is 59.3 Å². The number of rotatable bonds is 4. The number of alkyl halides is 3. The maximum Gasteiger partial charge on any atom is 0.409 e. The molecule has 0 bridgehead atoms. The average molecular weight is 422 g/mol. The second kappa shape index (κ2) is 6.73. The molecule has 0 amide bonds. The first-order valence-corrected chi connectivity index (χ1v) is 9.24. The van der Waals surface area contributed by atoms with Crippen LogP contribution in [0, 0.1) is 10.6 Å². The van der Waals surface area contributed by atoms with Crippen LogP contribution in [0.1, 0.15) is 11.6 Å². The van der Waals surface area contributed by atoms with E-state index >= 15 is 0 Å². The number of hydrogen-bond acceptors (Lipinski definition) is 4. The van der Waals surface area contributed by atoms with Crippen LogP contribution in [0.3, 0.4) is 0 Å². The maximum atomic E-state index is 13.7. The molecule has 2 aromatic heterocycles. The predicted octanol–water partition coefficient (Wildman–Crippen LogP) is 4.08. The van der Waals surface area contributed by atoms with Crippen LogP contribution in [0.25, 0.3) is 5.65 Å². The van der Waals surface area contributed by atoms with Crippen molar-refractivity contribution in [2.24, 2.45) is 0 Å². The molecular formula is C15H12ClF4N5OS. The summed E-state index contributed by atoms with van der Waals surface area (Å²) in [6.45, 7) is 0. The fourth-order valence-electron chi connectivity index (χ4n) is 2.57. The molecule has 0 aliphatic heterocycles. The van der Waals surface area contributed by atoms with Crippen molar-refractivity contribution < 1.29 is 21.8 Å². The van der Waals surface area contributed by atoms with Crippen molar-refractivity contribution in [3.63, 3.8) is 0 Å². The highest BCUT2D eigenvalue weighted by Crippen LogP contribution is 2.40. The molecule has 0 saturated heterocycles. The van der Waals surface area contributed by atoms with Crippen LogP contribution in [0.5, 0.6) is 0 Å². The van der Waals surface area contributed by atoms with Crippen LogP contribution in [-0.2, 0) is 9.92 Å². The van der Waals surface area contributed by atoms with Crippen LogP contribution in [0.2, 0.25) is 5.02 Å². The lowest BCUT2D eigenvalue weighted by atomic mass is 10.1. The Morgan fingerprint density at radius 3 is 2.63 bits per heavy atom. The van der Waals surface area contributed by atoms with E-state index in [2.05, 4.69) is 10.1 Å². The zero-order chi connectivity index (χ0) is 20.0. The summed E-state index contributed by atoms with van der Waals surface area (Å²) in [7, 11) is -3.19. The molecular weight excluding hydrogens is 410 g/mol. The molecule has 2 heterocycles. The first kappa shape index (κ1) is 19.5. The fourth-order valence-corrected chi connectivity index (χ4v) is 4.07. The van der Waals surface area contributed by atoms with Gasteiger partial charge in [-0.05, 0) is 23.8 Å². The Bertz CT molecular complexity index is 1100. The van der Waals surface area contributed by atoms with Crippen LogP contribution in [0.15, 0.2) is 47.8 Å². The Labute approximate surface area is 156 Å². The van der Waals surface area contributed by atoms with Gasteiger partial charge < -0.3 is 0 Å². The third-order valence-corrected chi connectivity index (χ3v) is 6.13. The van der Waals surface area contributed by atoms with Crippen molar-refractivity contribution in [1.29, 1.82) is 4.78 Å². The minimum absolute atomic E-state index is 0.186. The van der Waals surface area contributed by atoms with E-state index in [1.807, 2.05) is 0 Å². The summed E-state index contributed by atoms with van der Waals surface area (Å²) < 4.78 is 77.6. The number of hydrogen-bond donors (Lipinski definition) is 1. The normalized spacial score (nSPS) is 15.8. The highest BCUT2D eigenvalue weighted by Gasteiger charge is 2.47. The van der Waals surface area contributed by atoms with Gasteiger partial charge in [-0.2, -0.15) is 18.3 Å². The molecule has 6 nitrogen and oxygen atoms in total. The third kappa shape index (κ3) is 3.62. The molecule has 0 spiro atoms. The molecule has 1 N–H and O–H groups in total. The maximum absolute atomic E-state index is 13.7. The monoisotopic (exact) mass is 421 g/mol. The Kier molecular flexibility index (Phi) is 4.87. The quantitative estimate of drug-likeness (QED) is 0.645. The van der Waals surface area contributed by atoms with Gasteiger partial charge in [0.2, 0.25) is 0 Å². The van der Waals surface area contributed by atoms with E-state index in [1.165, 1.54) is 29.2 Å². The van der Waals surface area contributed by atoms with Crippen molar-refractivity contribution in [2.75, 3.05) is 7.05 Å². The molecule has 3 rings (SSSR count). The molecule has 12 heteroatoms. The molecule has 0 unspecified atom stereocenters. The van der Waals surface area contributed by atoms with Crippen LogP contribution >= 0.6 is 11.6 Å². The zero-order valence-electron chi connectivity index (χ0n) is 13.6. The standard InChI is InChI=1S/C15H12ClF4N5OS/c1-24(14(15(18,19)20)9-2-3-11(16)12(17)6-9)27(21,26)10-4-5-25-13(7-10)22-8-23-25/h2-8,14,21H,1H3/t14-,27-/m1/s1. The van der Waals surface area contributed by atoms with Gasteiger partial charge in [-0.1, -0.05) is 17.7 Å². The number of nitrogens with zero attached hydrogens (tertiary/aromatic N) is 4. The van der Waals surface area contributed by atoms with Crippen LogP contribution in [-0.4, -0.2) is 36.3 Å². The summed E-state index contributed by atoms with van der Waals surface area (Å²) in [5, 5.41) is 3.49. The van der Waals surface area contributed by atoms with Crippen molar-refractivity contribution in [2.45, 2.75) is 17.1 Å². The molecule has 2 atom stereocenters. The third-order valence-electron chi connectivity index (χ3n) is 3.91. The molecule has 0 radical (unpaired) electrons. The largest absolute Gasteiger partial charge is 0.409 e. The molecule has 0 fully saturated rings. The average Bonchev–Trinajstić information content (AvgIpc) is 3.04. The number of halogens is 5. The Hall–Kier alpha value is -2.24. The van der Waals surface area contributed by atoms with E-state index in [-0.39, 0.29) is 15.6 Å². The van der Waals surface area contributed by atoms with Gasteiger partial charge in [0.1, 0.15) is 28.1 Å². The summed E-state index contributed by atoms with van der Waals surface area (Å²) in [6, 6.07) is 2.54. The summed E-state index contributed by atoms with van der Waals surface area (Å²) in [5.41, 5.74) is -0.294. The van der Waals surface area contributed by atoms with Gasteiger partial charge in [-0.3, -0.25) is 0 Å². The van der Waals surface area contributed by atoms with Gasteiger partial charge >= 0.3 is 6.18 Å². The SMILES string of the molecule is CN([C@H](c1ccc(Cl)c(F)c1)C(F)(F)F)[S@@](=N)(=O)c1ccn2ncnc2c1. The minimum Gasteiger partial charge on any atom is -0.236 e. The zero-order valence-corrected chi connectivity index (χ0v) is 15.2. The second-order valence-corrected chi connectivity index (χ2v) is 8.12. The van der Waals surface area contributed by atoms with E-state index in [9.17, 15) is 21.8 Å². The van der Waals surface area contributed by atoms with Crippen molar-refractivity contribution in [3.8, 4) is 0 Å². The van der Waals surface area contributed by atoms with Gasteiger partial charge in [-0.15, -0.1) is 0 Å². The van der Waals surface area contributed by atoms with E-state index in [4.69, 9.17) is 16.4 Å². The lowest BCUT2D eigenvalue weighted by Gasteiger charge is -2.31.